The second kappa shape index (κ2) is 8.39. The summed E-state index contributed by atoms with van der Waals surface area (Å²) in [6.07, 6.45) is 1.48. The fourth-order valence-electron chi connectivity index (χ4n) is 3.65. The molecule has 6 nitrogen and oxygen atoms in total. The van der Waals surface area contributed by atoms with Crippen molar-refractivity contribution in [1.29, 1.82) is 0 Å². The number of sulfonamides is 1. The molecule has 1 aliphatic rings. The van der Waals surface area contributed by atoms with Crippen LogP contribution in [-0.4, -0.2) is 43.4 Å². The lowest BCUT2D eigenvalue weighted by Gasteiger charge is -2.27. The molecule has 7 heteroatoms. The van der Waals surface area contributed by atoms with Gasteiger partial charge in [0, 0.05) is 25.3 Å². The van der Waals surface area contributed by atoms with Gasteiger partial charge in [-0.1, -0.05) is 35.9 Å². The van der Waals surface area contributed by atoms with Crippen molar-refractivity contribution in [2.24, 2.45) is 0 Å². The fourth-order valence-corrected chi connectivity index (χ4v) is 5.18. The van der Waals surface area contributed by atoms with Crippen LogP contribution < -0.4 is 4.90 Å². The Hall–Kier alpha value is -2.64. The standard InChI is InChI=1S/C22H26N2O4S/c1-4-23(5-2)18-10-8-17(9-11-18)21-20(22(25)26)14-15-24(21)29(27,28)19-12-6-16(3)7-13-19/h6-14,21H,4-5,15H2,1-3H3,(H,25,26). The van der Waals surface area contributed by atoms with Crippen LogP contribution in [0.1, 0.15) is 31.0 Å². The van der Waals surface area contributed by atoms with Crippen LogP contribution >= 0.6 is 0 Å². The van der Waals surface area contributed by atoms with Crippen LogP contribution in [0.25, 0.3) is 0 Å². The molecule has 0 aromatic heterocycles. The minimum Gasteiger partial charge on any atom is -0.478 e. The highest BCUT2D eigenvalue weighted by Crippen LogP contribution is 2.38. The number of hydrogen-bond donors (Lipinski definition) is 1. The number of anilines is 1. The van der Waals surface area contributed by atoms with E-state index in [1.54, 1.807) is 24.3 Å². The Bertz CT molecular complexity index is 1010. The van der Waals surface area contributed by atoms with Gasteiger partial charge in [0.05, 0.1) is 16.5 Å². The summed E-state index contributed by atoms with van der Waals surface area (Å²) in [5, 5.41) is 9.66. The van der Waals surface area contributed by atoms with Crippen LogP contribution in [0.2, 0.25) is 0 Å². The van der Waals surface area contributed by atoms with Gasteiger partial charge in [-0.25, -0.2) is 13.2 Å². The number of rotatable bonds is 7. The molecule has 0 saturated heterocycles. The lowest BCUT2D eigenvalue weighted by Crippen LogP contribution is -2.33. The maximum absolute atomic E-state index is 13.3. The number of aliphatic carboxylic acids is 1. The van der Waals surface area contributed by atoms with Crippen molar-refractivity contribution >= 4 is 21.7 Å². The predicted octanol–water partition coefficient (Wildman–Crippen LogP) is 3.60. The van der Waals surface area contributed by atoms with Gasteiger partial charge in [-0.3, -0.25) is 0 Å². The molecule has 154 valence electrons. The smallest absolute Gasteiger partial charge is 0.333 e. The molecule has 1 heterocycles. The van der Waals surface area contributed by atoms with Gasteiger partial charge in [-0.05, 0) is 50.6 Å². The van der Waals surface area contributed by atoms with Gasteiger partial charge in [-0.2, -0.15) is 4.31 Å². The molecule has 1 atom stereocenters. The van der Waals surface area contributed by atoms with Gasteiger partial charge in [0.15, 0.2) is 0 Å². The molecule has 0 radical (unpaired) electrons. The van der Waals surface area contributed by atoms with Gasteiger partial charge in [0.1, 0.15) is 0 Å². The van der Waals surface area contributed by atoms with E-state index >= 15 is 0 Å². The maximum atomic E-state index is 13.3. The Labute approximate surface area is 172 Å². The van der Waals surface area contributed by atoms with Crippen molar-refractivity contribution < 1.29 is 18.3 Å². The highest BCUT2D eigenvalue weighted by atomic mass is 32.2. The summed E-state index contributed by atoms with van der Waals surface area (Å²) in [5.41, 5.74) is 2.70. The van der Waals surface area contributed by atoms with Crippen molar-refractivity contribution in [1.82, 2.24) is 4.31 Å². The Morgan fingerprint density at radius 2 is 1.66 bits per heavy atom. The molecule has 0 saturated carbocycles. The van der Waals surface area contributed by atoms with E-state index in [2.05, 4.69) is 18.7 Å². The largest absolute Gasteiger partial charge is 0.478 e. The number of benzene rings is 2. The Morgan fingerprint density at radius 1 is 1.07 bits per heavy atom. The average Bonchev–Trinajstić information content (AvgIpc) is 3.16. The third-order valence-electron chi connectivity index (χ3n) is 5.29. The molecule has 1 unspecified atom stereocenters. The van der Waals surface area contributed by atoms with Gasteiger partial charge in [-0.15, -0.1) is 0 Å². The molecule has 0 amide bonds. The molecule has 29 heavy (non-hydrogen) atoms. The Kier molecular flexibility index (Phi) is 6.10. The van der Waals surface area contributed by atoms with E-state index in [1.165, 1.54) is 10.4 Å². The van der Waals surface area contributed by atoms with E-state index in [1.807, 2.05) is 31.2 Å². The zero-order valence-electron chi connectivity index (χ0n) is 16.9. The SMILES string of the molecule is CCN(CC)c1ccc(C2C(C(=O)O)=CCN2S(=O)(=O)c2ccc(C)cc2)cc1. The lowest BCUT2D eigenvalue weighted by atomic mass is 10.0. The fraction of sp³-hybridized carbons (Fsp3) is 0.318. The predicted molar refractivity (Wildman–Crippen MR) is 114 cm³/mol. The lowest BCUT2D eigenvalue weighted by molar-refractivity contribution is -0.133. The van der Waals surface area contributed by atoms with Crippen LogP contribution in [0.3, 0.4) is 0 Å². The first kappa shape index (κ1) is 21.1. The maximum Gasteiger partial charge on any atom is 0.333 e. The number of carbonyl (C=O) groups is 1. The normalized spacial score (nSPS) is 17.2. The molecular formula is C22H26N2O4S. The first-order chi connectivity index (χ1) is 13.8. The highest BCUT2D eigenvalue weighted by molar-refractivity contribution is 7.89. The van der Waals surface area contributed by atoms with Crippen molar-refractivity contribution in [3.8, 4) is 0 Å². The van der Waals surface area contributed by atoms with Crippen LogP contribution in [-0.2, 0) is 14.8 Å². The number of nitrogens with zero attached hydrogens (tertiary/aromatic N) is 2. The van der Waals surface area contributed by atoms with Crippen molar-refractivity contribution in [3.63, 3.8) is 0 Å². The number of carboxylic acids is 1. The summed E-state index contributed by atoms with van der Waals surface area (Å²) in [5.74, 6) is -1.11. The van der Waals surface area contributed by atoms with Crippen LogP contribution in [0.4, 0.5) is 5.69 Å². The Balaban J connectivity index is 2.01. The molecule has 0 spiro atoms. The summed E-state index contributed by atoms with van der Waals surface area (Å²) < 4.78 is 27.8. The molecule has 0 bridgehead atoms. The first-order valence-electron chi connectivity index (χ1n) is 9.66. The van der Waals surface area contributed by atoms with Crippen LogP contribution in [0, 0.1) is 6.92 Å². The molecule has 2 aromatic carbocycles. The summed E-state index contributed by atoms with van der Waals surface area (Å²) in [6.45, 7) is 7.75. The van der Waals surface area contributed by atoms with Gasteiger partial charge in [0.25, 0.3) is 0 Å². The highest BCUT2D eigenvalue weighted by Gasteiger charge is 2.40. The van der Waals surface area contributed by atoms with Crippen LogP contribution in [0.5, 0.6) is 0 Å². The molecule has 0 aliphatic carbocycles. The third kappa shape index (κ3) is 4.06. The molecule has 3 rings (SSSR count). The summed E-state index contributed by atoms with van der Waals surface area (Å²) in [4.78, 5) is 14.1. The molecule has 2 aromatic rings. The van der Waals surface area contributed by atoms with E-state index in [0.29, 0.717) is 5.56 Å². The van der Waals surface area contributed by atoms with E-state index in [9.17, 15) is 18.3 Å². The molecule has 0 fully saturated rings. The second-order valence-corrected chi connectivity index (χ2v) is 8.91. The minimum atomic E-state index is -3.85. The van der Waals surface area contributed by atoms with E-state index in [-0.39, 0.29) is 17.0 Å². The summed E-state index contributed by atoms with van der Waals surface area (Å²) in [7, 11) is -3.85. The summed E-state index contributed by atoms with van der Waals surface area (Å²) in [6, 6.07) is 13.2. The zero-order valence-corrected chi connectivity index (χ0v) is 17.7. The van der Waals surface area contributed by atoms with E-state index in [4.69, 9.17) is 0 Å². The third-order valence-corrected chi connectivity index (χ3v) is 7.13. The summed E-state index contributed by atoms with van der Waals surface area (Å²) >= 11 is 0. The number of aryl methyl sites for hydroxylation is 1. The minimum absolute atomic E-state index is 0.0281. The zero-order chi connectivity index (χ0) is 21.2. The van der Waals surface area contributed by atoms with Gasteiger partial charge in [0.2, 0.25) is 10.0 Å². The van der Waals surface area contributed by atoms with Crippen LogP contribution in [0.15, 0.2) is 65.1 Å². The average molecular weight is 415 g/mol. The first-order valence-corrected chi connectivity index (χ1v) is 11.1. The van der Waals surface area contributed by atoms with Gasteiger partial charge < -0.3 is 10.0 Å². The van der Waals surface area contributed by atoms with Crippen molar-refractivity contribution in [2.75, 3.05) is 24.5 Å². The number of hydrogen-bond acceptors (Lipinski definition) is 4. The van der Waals surface area contributed by atoms with E-state index in [0.717, 1.165) is 24.3 Å². The van der Waals surface area contributed by atoms with Crippen molar-refractivity contribution in [3.05, 3.63) is 71.3 Å². The van der Waals surface area contributed by atoms with E-state index < -0.39 is 22.0 Å². The van der Waals surface area contributed by atoms with Gasteiger partial charge >= 0.3 is 5.97 Å². The monoisotopic (exact) mass is 414 g/mol. The molecular weight excluding hydrogens is 388 g/mol. The Morgan fingerprint density at radius 3 is 2.17 bits per heavy atom. The molecule has 1 N–H and O–H groups in total. The topological polar surface area (TPSA) is 77.9 Å². The second-order valence-electron chi connectivity index (χ2n) is 7.02. The molecule has 1 aliphatic heterocycles. The quantitative estimate of drug-likeness (QED) is 0.749. The van der Waals surface area contributed by atoms with Crippen molar-refractivity contribution in [2.45, 2.75) is 31.7 Å². The number of carboxylic acid groups (broad SMARTS) is 1.